The molecule has 9 nitrogen and oxygen atoms in total. The molecule has 1 aliphatic heterocycles. The second-order valence-electron chi connectivity index (χ2n) is 7.20. The van der Waals surface area contributed by atoms with Crippen molar-refractivity contribution in [3.05, 3.63) is 58.4 Å². The Bertz CT molecular complexity index is 1420. The Kier molecular flexibility index (Phi) is 9.89. The molecule has 2 heterocycles. The number of aryl methyl sites for hydroxylation is 1. The van der Waals surface area contributed by atoms with Crippen molar-refractivity contribution in [2.24, 2.45) is 7.05 Å². The number of nitrogens with one attached hydrogen (secondary N) is 1. The average molecular weight is 522 g/mol. The van der Waals surface area contributed by atoms with Gasteiger partial charge in [0.2, 0.25) is 0 Å². The molecule has 1 N–H and O–H groups in total. The van der Waals surface area contributed by atoms with Crippen molar-refractivity contribution in [2.75, 3.05) is 17.8 Å². The van der Waals surface area contributed by atoms with Crippen LogP contribution in [0.1, 0.15) is 39.7 Å². The van der Waals surface area contributed by atoms with Crippen LogP contribution >= 0.6 is 0 Å². The first-order valence-electron chi connectivity index (χ1n) is 11.5. The zero-order valence-electron chi connectivity index (χ0n) is 20.7. The molecule has 12 heteroatoms. The van der Waals surface area contributed by atoms with Gasteiger partial charge in [-0.1, -0.05) is 27.7 Å². The Balaban J connectivity index is 0.00000109. The minimum Gasteiger partial charge on any atom is -0.453 e. The number of aromatic nitrogens is 2. The zero-order valence-corrected chi connectivity index (χ0v) is 21.6. The smallest absolute Gasteiger partial charge is 0.301 e. The van der Waals surface area contributed by atoms with E-state index in [-0.39, 0.29) is 41.9 Å². The van der Waals surface area contributed by atoms with Gasteiger partial charge in [0.25, 0.3) is 5.56 Å². The summed E-state index contributed by atoms with van der Waals surface area (Å²) in [5.41, 5.74) is -0.562. The SMILES string of the molecule is CC.CC.Cn1cnc2ccc(Oc3c(F)ccc(NS(=O)(=O)N4CCC(F)C4)c3C#N)cc2c1=O. The lowest BCUT2D eigenvalue weighted by Crippen LogP contribution is -2.34. The van der Waals surface area contributed by atoms with Crippen molar-refractivity contribution >= 4 is 26.8 Å². The summed E-state index contributed by atoms with van der Waals surface area (Å²) < 4.78 is 63.0. The third kappa shape index (κ3) is 6.16. The van der Waals surface area contributed by atoms with Gasteiger partial charge in [0, 0.05) is 20.1 Å². The topological polar surface area (TPSA) is 117 Å². The molecule has 1 fully saturated rings. The van der Waals surface area contributed by atoms with Gasteiger partial charge in [-0.25, -0.2) is 13.8 Å². The van der Waals surface area contributed by atoms with E-state index in [0.29, 0.717) is 5.52 Å². The molecule has 1 saturated heterocycles. The number of benzene rings is 2. The van der Waals surface area contributed by atoms with Crippen molar-refractivity contribution < 1.29 is 21.9 Å². The fourth-order valence-electron chi connectivity index (χ4n) is 3.33. The molecular weight excluding hydrogens is 492 g/mol. The van der Waals surface area contributed by atoms with E-state index < -0.39 is 33.5 Å². The van der Waals surface area contributed by atoms with E-state index in [1.165, 1.54) is 36.1 Å². The van der Waals surface area contributed by atoms with Gasteiger partial charge in [-0.15, -0.1) is 0 Å². The number of ether oxygens (including phenoxy) is 1. The number of alkyl halides is 1. The zero-order chi connectivity index (χ0) is 27.0. The van der Waals surface area contributed by atoms with Gasteiger partial charge in [0.1, 0.15) is 23.6 Å². The minimum atomic E-state index is -4.16. The Labute approximate surface area is 209 Å². The molecule has 0 saturated carbocycles. The van der Waals surface area contributed by atoms with Crippen molar-refractivity contribution in [3.63, 3.8) is 0 Å². The van der Waals surface area contributed by atoms with Crippen LogP contribution in [0, 0.1) is 17.1 Å². The van der Waals surface area contributed by atoms with Gasteiger partial charge in [-0.2, -0.15) is 18.0 Å². The first-order chi connectivity index (χ1) is 17.2. The standard InChI is InChI=1S/C20H17F2N5O4S.2C2H6/c1-26-11-24-17-4-2-13(8-14(17)20(26)28)31-19-15(9-23)18(5-3-16(19)22)25-32(29,30)27-7-6-12(21)10-27;2*1-2/h2-5,8,11-12,25H,6-7,10H2,1H3;2*1-2H3. The summed E-state index contributed by atoms with van der Waals surface area (Å²) in [6.07, 6.45) is 0.156. The highest BCUT2D eigenvalue weighted by Crippen LogP contribution is 2.34. The Morgan fingerprint density at radius 3 is 2.50 bits per heavy atom. The van der Waals surface area contributed by atoms with Crippen LogP contribution in [0.3, 0.4) is 0 Å². The quantitative estimate of drug-likeness (QED) is 0.529. The Morgan fingerprint density at radius 1 is 1.19 bits per heavy atom. The van der Waals surface area contributed by atoms with E-state index in [0.717, 1.165) is 16.4 Å². The lowest BCUT2D eigenvalue weighted by atomic mass is 10.1. The Morgan fingerprint density at radius 2 is 1.89 bits per heavy atom. The second kappa shape index (κ2) is 12.4. The van der Waals surface area contributed by atoms with Crippen molar-refractivity contribution in [1.82, 2.24) is 13.9 Å². The number of halogens is 2. The summed E-state index contributed by atoms with van der Waals surface area (Å²) in [5, 5.41) is 9.81. The maximum absolute atomic E-state index is 14.6. The van der Waals surface area contributed by atoms with Gasteiger partial charge in [-0.3, -0.25) is 9.52 Å². The number of fused-ring (bicyclic) bond motifs is 1. The maximum atomic E-state index is 14.6. The summed E-state index contributed by atoms with van der Waals surface area (Å²) in [7, 11) is -2.63. The number of hydrogen-bond acceptors (Lipinski definition) is 6. The molecule has 1 unspecified atom stereocenters. The molecule has 4 rings (SSSR count). The van der Waals surface area contributed by atoms with Crippen LogP contribution in [0.4, 0.5) is 14.5 Å². The molecule has 3 aromatic rings. The van der Waals surface area contributed by atoms with Gasteiger partial charge < -0.3 is 9.30 Å². The van der Waals surface area contributed by atoms with Crippen molar-refractivity contribution in [2.45, 2.75) is 40.3 Å². The molecule has 2 aromatic carbocycles. The molecular formula is C24H29F2N5O4S. The normalized spacial score (nSPS) is 15.2. The number of anilines is 1. The predicted molar refractivity (Wildman–Crippen MR) is 134 cm³/mol. The molecule has 36 heavy (non-hydrogen) atoms. The minimum absolute atomic E-state index is 0.0109. The van der Waals surface area contributed by atoms with Crippen molar-refractivity contribution in [1.29, 1.82) is 5.26 Å². The van der Waals surface area contributed by atoms with Crippen LogP contribution in [-0.2, 0) is 17.3 Å². The maximum Gasteiger partial charge on any atom is 0.301 e. The summed E-state index contributed by atoms with van der Waals surface area (Å²) in [4.78, 5) is 16.4. The monoisotopic (exact) mass is 521 g/mol. The number of rotatable bonds is 5. The van der Waals surface area contributed by atoms with E-state index in [2.05, 4.69) is 9.71 Å². The van der Waals surface area contributed by atoms with Crippen LogP contribution in [0.5, 0.6) is 11.5 Å². The van der Waals surface area contributed by atoms with Crippen LogP contribution in [0.2, 0.25) is 0 Å². The summed E-state index contributed by atoms with van der Waals surface area (Å²) in [5.74, 6) is -1.37. The highest BCUT2D eigenvalue weighted by molar-refractivity contribution is 7.90. The molecule has 0 aliphatic carbocycles. The predicted octanol–water partition coefficient (Wildman–Crippen LogP) is 4.49. The van der Waals surface area contributed by atoms with E-state index in [4.69, 9.17) is 4.74 Å². The molecule has 0 amide bonds. The fraction of sp³-hybridized carbons (Fsp3) is 0.375. The van der Waals surface area contributed by atoms with Gasteiger partial charge >= 0.3 is 10.2 Å². The molecule has 0 radical (unpaired) electrons. The van der Waals surface area contributed by atoms with Crippen LogP contribution < -0.4 is 15.0 Å². The number of nitrogens with zero attached hydrogens (tertiary/aromatic N) is 4. The first-order valence-corrected chi connectivity index (χ1v) is 12.9. The first kappa shape index (κ1) is 28.7. The third-order valence-electron chi connectivity index (χ3n) is 5.00. The van der Waals surface area contributed by atoms with Crippen LogP contribution in [-0.4, -0.2) is 41.5 Å². The highest BCUT2D eigenvalue weighted by atomic mass is 32.2. The molecule has 1 atom stereocenters. The summed E-state index contributed by atoms with van der Waals surface area (Å²) in [6, 6.07) is 8.07. The second-order valence-corrected chi connectivity index (χ2v) is 8.87. The molecule has 1 aromatic heterocycles. The molecule has 1 aliphatic rings. The van der Waals surface area contributed by atoms with Gasteiger partial charge in [-0.05, 0) is 36.8 Å². The van der Waals surface area contributed by atoms with Crippen LogP contribution in [0.15, 0.2) is 41.5 Å². The van der Waals surface area contributed by atoms with Gasteiger partial charge in [0.15, 0.2) is 11.6 Å². The van der Waals surface area contributed by atoms with E-state index in [9.17, 15) is 27.3 Å². The number of hydrogen-bond donors (Lipinski definition) is 1. The molecule has 0 bridgehead atoms. The van der Waals surface area contributed by atoms with Crippen molar-refractivity contribution in [3.8, 4) is 17.6 Å². The number of nitriles is 1. The highest BCUT2D eigenvalue weighted by Gasteiger charge is 2.32. The van der Waals surface area contributed by atoms with E-state index in [1.54, 1.807) is 6.07 Å². The fourth-order valence-corrected chi connectivity index (χ4v) is 4.61. The summed E-state index contributed by atoms with van der Waals surface area (Å²) >= 11 is 0. The largest absolute Gasteiger partial charge is 0.453 e. The molecule has 194 valence electrons. The third-order valence-corrected chi connectivity index (χ3v) is 6.49. The summed E-state index contributed by atoms with van der Waals surface area (Å²) in [6.45, 7) is 7.69. The average Bonchev–Trinajstić information content (AvgIpc) is 3.33. The van der Waals surface area contributed by atoms with E-state index >= 15 is 0 Å². The van der Waals surface area contributed by atoms with Gasteiger partial charge in [0.05, 0.1) is 22.9 Å². The Hall–Kier alpha value is -3.56. The molecule has 0 spiro atoms. The van der Waals surface area contributed by atoms with E-state index in [1.807, 2.05) is 27.7 Å². The van der Waals surface area contributed by atoms with Crippen LogP contribution in [0.25, 0.3) is 10.9 Å². The lowest BCUT2D eigenvalue weighted by molar-refractivity contribution is 0.343. The lowest BCUT2D eigenvalue weighted by Gasteiger charge is -2.18.